The lowest BCUT2D eigenvalue weighted by molar-refractivity contribution is 0.476. The van der Waals surface area contributed by atoms with Crippen LogP contribution in [0.15, 0.2) is 48.0 Å². The van der Waals surface area contributed by atoms with E-state index in [1.54, 1.807) is 36.4 Å². The third-order valence-corrected chi connectivity index (χ3v) is 3.89. The number of nitrogens with zero attached hydrogens (tertiary/aromatic N) is 1. The largest absolute Gasteiger partial charge is 0.508 e. The number of nitrogens with two attached hydrogens (primary N) is 1. The van der Waals surface area contributed by atoms with Crippen LogP contribution >= 0.6 is 11.3 Å². The standard InChI is InChI=1S/C14H11FN2OS.C3H8/c15-9-3-1-2-4-10(16)13(9)14-17-11-6-5-8(18)7-12(11)19-14;1-3-2/h1-2,4-7,18H,3,16H2;3H2,1-2H3. The van der Waals surface area contributed by atoms with Gasteiger partial charge in [0.05, 0.1) is 15.8 Å². The van der Waals surface area contributed by atoms with E-state index < -0.39 is 0 Å². The molecule has 0 fully saturated rings. The summed E-state index contributed by atoms with van der Waals surface area (Å²) in [5.74, 6) is -0.117. The molecule has 0 bridgehead atoms. The van der Waals surface area contributed by atoms with Gasteiger partial charge in [-0.25, -0.2) is 9.37 Å². The molecule has 1 aliphatic carbocycles. The average Bonchev–Trinajstić information content (AvgIpc) is 2.79. The predicted molar refractivity (Wildman–Crippen MR) is 91.3 cm³/mol. The van der Waals surface area contributed by atoms with Crippen LogP contribution in [0.2, 0.25) is 0 Å². The lowest BCUT2D eigenvalue weighted by Crippen LogP contribution is -2.01. The van der Waals surface area contributed by atoms with Gasteiger partial charge in [0.15, 0.2) is 0 Å². The zero-order valence-corrected chi connectivity index (χ0v) is 13.5. The van der Waals surface area contributed by atoms with Crippen molar-refractivity contribution in [1.82, 2.24) is 4.98 Å². The van der Waals surface area contributed by atoms with Crippen LogP contribution in [0.1, 0.15) is 31.7 Å². The van der Waals surface area contributed by atoms with Crippen molar-refractivity contribution in [2.45, 2.75) is 26.7 Å². The van der Waals surface area contributed by atoms with Gasteiger partial charge >= 0.3 is 0 Å². The van der Waals surface area contributed by atoms with E-state index in [1.165, 1.54) is 17.8 Å². The highest BCUT2D eigenvalue weighted by molar-refractivity contribution is 7.19. The van der Waals surface area contributed by atoms with Crippen molar-refractivity contribution in [2.24, 2.45) is 5.73 Å². The number of benzene rings is 1. The number of rotatable bonds is 1. The molecule has 3 N–H and O–H groups in total. The Morgan fingerprint density at radius 3 is 2.82 bits per heavy atom. The topological polar surface area (TPSA) is 59.1 Å². The molecule has 0 amide bonds. The molecule has 3 rings (SSSR count). The van der Waals surface area contributed by atoms with Crippen LogP contribution in [0.25, 0.3) is 15.8 Å². The van der Waals surface area contributed by atoms with Crippen LogP contribution in [0, 0.1) is 0 Å². The van der Waals surface area contributed by atoms with Gasteiger partial charge < -0.3 is 10.8 Å². The number of thiazole rings is 1. The fraction of sp³-hybridized carbons (Fsp3) is 0.235. The summed E-state index contributed by atoms with van der Waals surface area (Å²) in [5.41, 5.74) is 7.33. The number of hydrogen-bond donors (Lipinski definition) is 2. The average molecular weight is 318 g/mol. The number of allylic oxidation sites excluding steroid dienone is 5. The smallest absolute Gasteiger partial charge is 0.129 e. The van der Waals surface area contributed by atoms with Gasteiger partial charge in [0.1, 0.15) is 16.6 Å². The highest BCUT2D eigenvalue weighted by Crippen LogP contribution is 2.35. The summed E-state index contributed by atoms with van der Waals surface area (Å²) < 4.78 is 14.9. The first kappa shape index (κ1) is 16.2. The zero-order chi connectivity index (χ0) is 16.1. The first-order chi connectivity index (χ1) is 10.6. The molecule has 116 valence electrons. The van der Waals surface area contributed by atoms with Crippen LogP contribution < -0.4 is 5.73 Å². The summed E-state index contributed by atoms with van der Waals surface area (Å²) in [6, 6.07) is 4.88. The number of fused-ring (bicyclic) bond motifs is 1. The molecule has 0 unspecified atom stereocenters. The summed E-state index contributed by atoms with van der Waals surface area (Å²) in [7, 11) is 0. The van der Waals surface area contributed by atoms with Crippen molar-refractivity contribution < 1.29 is 9.50 Å². The molecule has 0 atom stereocenters. The Hall–Kier alpha value is -2.14. The zero-order valence-electron chi connectivity index (χ0n) is 12.6. The van der Waals surface area contributed by atoms with Gasteiger partial charge in [-0.15, -0.1) is 11.3 Å². The van der Waals surface area contributed by atoms with Gasteiger partial charge in [-0.2, -0.15) is 0 Å². The van der Waals surface area contributed by atoms with Gasteiger partial charge in [0, 0.05) is 12.1 Å². The first-order valence-corrected chi connectivity index (χ1v) is 7.99. The Labute approximate surface area is 133 Å². The fourth-order valence-corrected chi connectivity index (χ4v) is 3.03. The molecule has 0 saturated carbocycles. The number of phenolic OH excluding ortho intramolecular Hbond substituents is 1. The van der Waals surface area contributed by atoms with Crippen LogP contribution in [0.4, 0.5) is 4.39 Å². The molecule has 0 aliphatic heterocycles. The van der Waals surface area contributed by atoms with Crippen molar-refractivity contribution in [3.8, 4) is 5.75 Å². The van der Waals surface area contributed by atoms with Crippen LogP contribution in [0.3, 0.4) is 0 Å². The maximum Gasteiger partial charge on any atom is 0.129 e. The van der Waals surface area contributed by atoms with Crippen molar-refractivity contribution >= 4 is 27.1 Å². The van der Waals surface area contributed by atoms with E-state index in [0.717, 1.165) is 10.2 Å². The Morgan fingerprint density at radius 2 is 2.09 bits per heavy atom. The molecular formula is C17H19FN2OS. The Morgan fingerprint density at radius 1 is 1.36 bits per heavy atom. The Bertz CT molecular complexity index is 759. The minimum atomic E-state index is -0.286. The molecule has 1 aromatic carbocycles. The third-order valence-electron chi connectivity index (χ3n) is 2.85. The van der Waals surface area contributed by atoms with Gasteiger partial charge in [0.2, 0.25) is 0 Å². The molecule has 3 nitrogen and oxygen atoms in total. The molecule has 0 saturated heterocycles. The normalized spacial score (nSPS) is 14.4. The second-order valence-corrected chi connectivity index (χ2v) is 5.94. The monoisotopic (exact) mass is 318 g/mol. The van der Waals surface area contributed by atoms with E-state index in [1.807, 2.05) is 0 Å². The molecule has 0 radical (unpaired) electrons. The van der Waals surface area contributed by atoms with Gasteiger partial charge in [-0.05, 0) is 24.3 Å². The number of halogens is 1. The molecular weight excluding hydrogens is 299 g/mol. The molecule has 1 aliphatic rings. The van der Waals surface area contributed by atoms with Gasteiger partial charge in [-0.3, -0.25) is 0 Å². The maximum atomic E-state index is 14.1. The molecule has 5 heteroatoms. The van der Waals surface area contributed by atoms with E-state index >= 15 is 0 Å². The van der Waals surface area contributed by atoms with Crippen molar-refractivity contribution in [3.63, 3.8) is 0 Å². The number of aromatic nitrogens is 1. The van der Waals surface area contributed by atoms with Crippen molar-refractivity contribution in [3.05, 3.63) is 53.0 Å². The second kappa shape index (κ2) is 7.22. The van der Waals surface area contributed by atoms with Crippen molar-refractivity contribution in [2.75, 3.05) is 0 Å². The molecule has 0 spiro atoms. The van der Waals surface area contributed by atoms with E-state index in [2.05, 4.69) is 18.8 Å². The van der Waals surface area contributed by atoms with E-state index in [-0.39, 0.29) is 18.0 Å². The predicted octanol–water partition coefficient (Wildman–Crippen LogP) is 4.90. The molecule has 22 heavy (non-hydrogen) atoms. The maximum absolute atomic E-state index is 14.1. The van der Waals surface area contributed by atoms with E-state index in [0.29, 0.717) is 16.3 Å². The highest BCUT2D eigenvalue weighted by Gasteiger charge is 2.17. The highest BCUT2D eigenvalue weighted by atomic mass is 32.1. The molecule has 1 heterocycles. The van der Waals surface area contributed by atoms with Crippen LogP contribution in [-0.4, -0.2) is 10.1 Å². The fourth-order valence-electron chi connectivity index (χ4n) is 1.94. The van der Waals surface area contributed by atoms with Gasteiger partial charge in [0.25, 0.3) is 0 Å². The minimum absolute atomic E-state index is 0.170. The number of hydrogen-bond acceptors (Lipinski definition) is 4. The summed E-state index contributed by atoms with van der Waals surface area (Å²) in [5, 5.41) is 9.98. The SMILES string of the molecule is CCC.NC1=CC=CCC(F)=C1c1nc2ccc(O)cc2s1. The summed E-state index contributed by atoms with van der Waals surface area (Å²) >= 11 is 1.32. The van der Waals surface area contributed by atoms with E-state index in [9.17, 15) is 9.50 Å². The minimum Gasteiger partial charge on any atom is -0.508 e. The number of phenols is 1. The summed E-state index contributed by atoms with van der Waals surface area (Å²) in [6.45, 7) is 4.25. The Balaban J connectivity index is 0.000000545. The summed E-state index contributed by atoms with van der Waals surface area (Å²) in [6.07, 6.45) is 6.59. The van der Waals surface area contributed by atoms with Crippen LogP contribution in [-0.2, 0) is 0 Å². The van der Waals surface area contributed by atoms with E-state index in [4.69, 9.17) is 5.73 Å². The molecule has 1 aromatic heterocycles. The van der Waals surface area contributed by atoms with Crippen LogP contribution in [0.5, 0.6) is 5.75 Å². The second-order valence-electron chi connectivity index (χ2n) is 4.91. The first-order valence-electron chi connectivity index (χ1n) is 7.18. The summed E-state index contributed by atoms with van der Waals surface area (Å²) in [4.78, 5) is 4.38. The lowest BCUT2D eigenvalue weighted by atomic mass is 10.1. The quantitative estimate of drug-likeness (QED) is 0.786. The van der Waals surface area contributed by atoms with Gasteiger partial charge in [-0.1, -0.05) is 32.4 Å². The molecule has 2 aromatic rings. The number of aromatic hydroxyl groups is 1. The lowest BCUT2D eigenvalue weighted by Gasteiger charge is -2.04. The van der Waals surface area contributed by atoms with Crippen molar-refractivity contribution in [1.29, 1.82) is 0 Å². The third kappa shape index (κ3) is 3.54. The Kier molecular flexibility index (Phi) is 5.33.